The highest BCUT2D eigenvalue weighted by Gasteiger charge is 2.30. The van der Waals surface area contributed by atoms with Crippen molar-refractivity contribution in [2.24, 2.45) is 11.7 Å². The molecule has 4 aromatic rings. The number of aromatic nitrogens is 3. The van der Waals surface area contributed by atoms with E-state index >= 15 is 0 Å². The molecule has 0 atom stereocenters. The van der Waals surface area contributed by atoms with Gasteiger partial charge in [-0.2, -0.15) is 5.10 Å². The summed E-state index contributed by atoms with van der Waals surface area (Å²) in [7, 11) is 1.52. The first kappa shape index (κ1) is 23.9. The van der Waals surface area contributed by atoms with Gasteiger partial charge >= 0.3 is 6.03 Å². The number of aromatic amines is 1. The van der Waals surface area contributed by atoms with E-state index in [1.165, 1.54) is 12.7 Å². The van der Waals surface area contributed by atoms with Crippen LogP contribution in [0.25, 0.3) is 11.3 Å². The number of ether oxygens (including phenoxy) is 1. The van der Waals surface area contributed by atoms with Crippen LogP contribution in [0.15, 0.2) is 72.9 Å². The summed E-state index contributed by atoms with van der Waals surface area (Å²) in [5, 5.41) is 13.2. The average molecular weight is 498 g/mol. The van der Waals surface area contributed by atoms with E-state index in [2.05, 4.69) is 37.9 Å². The predicted molar refractivity (Wildman–Crippen MR) is 141 cm³/mol. The summed E-state index contributed by atoms with van der Waals surface area (Å²) in [5.41, 5.74) is 9.57. The predicted octanol–water partition coefficient (Wildman–Crippen LogP) is 4.03. The van der Waals surface area contributed by atoms with Crippen LogP contribution in [0, 0.1) is 5.92 Å². The van der Waals surface area contributed by atoms with Crippen molar-refractivity contribution in [3.63, 3.8) is 0 Å². The zero-order valence-electron chi connectivity index (χ0n) is 20.3. The van der Waals surface area contributed by atoms with Crippen molar-refractivity contribution in [1.29, 1.82) is 0 Å². The van der Waals surface area contributed by atoms with E-state index in [4.69, 9.17) is 10.5 Å². The van der Waals surface area contributed by atoms with Crippen molar-refractivity contribution < 1.29 is 14.3 Å². The Labute approximate surface area is 213 Å². The van der Waals surface area contributed by atoms with Gasteiger partial charge in [-0.05, 0) is 36.1 Å². The summed E-state index contributed by atoms with van der Waals surface area (Å²) in [4.78, 5) is 30.8. The number of nitrogens with one attached hydrogen (secondary N) is 3. The first-order valence-electron chi connectivity index (χ1n) is 11.9. The third-order valence-corrected chi connectivity index (χ3v) is 6.25. The monoisotopic (exact) mass is 497 g/mol. The summed E-state index contributed by atoms with van der Waals surface area (Å²) < 4.78 is 5.14. The van der Waals surface area contributed by atoms with Gasteiger partial charge in [0.2, 0.25) is 5.88 Å². The summed E-state index contributed by atoms with van der Waals surface area (Å²) in [5.74, 6) is 0.620. The highest BCUT2D eigenvalue weighted by atomic mass is 16.5. The van der Waals surface area contributed by atoms with E-state index in [1.54, 1.807) is 47.5 Å². The lowest BCUT2D eigenvalue weighted by Crippen LogP contribution is -2.52. The Hall–Kier alpha value is -4.86. The van der Waals surface area contributed by atoms with Crippen LogP contribution >= 0.6 is 0 Å². The Kier molecular flexibility index (Phi) is 6.71. The summed E-state index contributed by atoms with van der Waals surface area (Å²) in [6.45, 7) is 1.46. The minimum atomic E-state index is -0.632. The first-order chi connectivity index (χ1) is 18.0. The topological polar surface area (TPSA) is 138 Å². The van der Waals surface area contributed by atoms with Crippen LogP contribution < -0.4 is 21.1 Å². The number of rotatable bonds is 8. The fourth-order valence-corrected chi connectivity index (χ4v) is 4.35. The molecular weight excluding hydrogens is 470 g/mol. The number of likely N-dealkylation sites (tertiary alicyclic amines) is 1. The maximum Gasteiger partial charge on any atom is 0.321 e. The number of hydrogen-bond acceptors (Lipinski definition) is 6. The molecule has 5 rings (SSSR count). The summed E-state index contributed by atoms with van der Waals surface area (Å²) in [6, 6.07) is 20.7. The molecule has 10 heteroatoms. The zero-order valence-corrected chi connectivity index (χ0v) is 20.3. The normalized spacial score (nSPS) is 13.1. The van der Waals surface area contributed by atoms with E-state index in [1.807, 2.05) is 18.2 Å². The molecule has 0 unspecified atom stereocenters. The number of urea groups is 1. The molecule has 0 aliphatic carbocycles. The number of pyridine rings is 1. The van der Waals surface area contributed by atoms with Crippen molar-refractivity contribution in [1.82, 2.24) is 20.1 Å². The second kappa shape index (κ2) is 10.4. The van der Waals surface area contributed by atoms with Gasteiger partial charge in [-0.25, -0.2) is 9.78 Å². The molecule has 2 aromatic heterocycles. The molecule has 10 nitrogen and oxygen atoms in total. The van der Waals surface area contributed by atoms with Crippen molar-refractivity contribution in [3.05, 3.63) is 84.1 Å². The van der Waals surface area contributed by atoms with Gasteiger partial charge in [-0.1, -0.05) is 42.5 Å². The molecule has 2 aromatic carbocycles. The smallest absolute Gasteiger partial charge is 0.321 e. The van der Waals surface area contributed by atoms with Gasteiger partial charge in [-0.15, -0.1) is 0 Å². The van der Waals surface area contributed by atoms with E-state index in [0.717, 1.165) is 19.5 Å². The van der Waals surface area contributed by atoms with Gasteiger partial charge in [0.05, 0.1) is 7.11 Å². The SMILES string of the molecule is COc1cc(Nc2[nH]nc(-c3ccc(NC(=O)N4CC(Cc5ccccc5)C4)cc3)c2C(N)=O)ccn1. The van der Waals surface area contributed by atoms with E-state index in [-0.39, 0.29) is 11.6 Å². The molecule has 1 saturated heterocycles. The number of hydrogen-bond donors (Lipinski definition) is 4. The van der Waals surface area contributed by atoms with Crippen molar-refractivity contribution >= 4 is 29.1 Å². The lowest BCUT2D eigenvalue weighted by atomic mass is 9.92. The number of carbonyl (C=O) groups excluding carboxylic acids is 2. The fourth-order valence-electron chi connectivity index (χ4n) is 4.35. The number of benzene rings is 2. The molecule has 0 bridgehead atoms. The number of primary amides is 1. The summed E-state index contributed by atoms with van der Waals surface area (Å²) >= 11 is 0. The van der Waals surface area contributed by atoms with Crippen LogP contribution in [-0.2, 0) is 6.42 Å². The van der Waals surface area contributed by atoms with Crippen LogP contribution in [-0.4, -0.2) is 52.2 Å². The molecule has 3 amide bonds. The number of anilines is 3. The molecule has 188 valence electrons. The van der Waals surface area contributed by atoms with Crippen molar-refractivity contribution in [3.8, 4) is 17.1 Å². The van der Waals surface area contributed by atoms with E-state index in [9.17, 15) is 9.59 Å². The Morgan fingerprint density at radius 1 is 1.08 bits per heavy atom. The highest BCUT2D eigenvalue weighted by Crippen LogP contribution is 2.30. The minimum absolute atomic E-state index is 0.131. The van der Waals surface area contributed by atoms with Gasteiger partial charge < -0.3 is 26.0 Å². The van der Waals surface area contributed by atoms with Crippen LogP contribution in [0.3, 0.4) is 0 Å². The molecular formula is C27H27N7O3. The van der Waals surface area contributed by atoms with Crippen LogP contribution in [0.5, 0.6) is 5.88 Å². The molecule has 3 heterocycles. The average Bonchev–Trinajstić information content (AvgIpc) is 3.30. The van der Waals surface area contributed by atoms with Gasteiger partial charge in [0, 0.05) is 42.3 Å². The lowest BCUT2D eigenvalue weighted by molar-refractivity contribution is 0.100. The number of nitrogens with zero attached hydrogens (tertiary/aromatic N) is 3. The van der Waals surface area contributed by atoms with Gasteiger partial charge in [0.25, 0.3) is 5.91 Å². The molecule has 5 N–H and O–H groups in total. The van der Waals surface area contributed by atoms with Crippen LogP contribution in [0.1, 0.15) is 15.9 Å². The van der Waals surface area contributed by atoms with Crippen molar-refractivity contribution in [2.45, 2.75) is 6.42 Å². The second-order valence-corrected chi connectivity index (χ2v) is 8.87. The molecule has 0 radical (unpaired) electrons. The molecule has 37 heavy (non-hydrogen) atoms. The number of nitrogens with two attached hydrogens (primary N) is 1. The molecule has 1 aliphatic heterocycles. The first-order valence-corrected chi connectivity index (χ1v) is 11.9. The summed E-state index contributed by atoms with van der Waals surface area (Å²) in [6.07, 6.45) is 2.55. The Morgan fingerprint density at radius 2 is 1.84 bits per heavy atom. The van der Waals surface area contributed by atoms with Crippen molar-refractivity contribution in [2.75, 3.05) is 30.8 Å². The number of carbonyl (C=O) groups is 2. The number of amides is 3. The van der Waals surface area contributed by atoms with Gasteiger partial charge in [0.15, 0.2) is 0 Å². The molecule has 0 saturated carbocycles. The molecule has 1 fully saturated rings. The Morgan fingerprint density at radius 3 is 2.54 bits per heavy atom. The molecule has 1 aliphatic rings. The largest absolute Gasteiger partial charge is 0.481 e. The number of methoxy groups -OCH3 is 1. The third-order valence-electron chi connectivity index (χ3n) is 6.25. The number of H-pyrrole nitrogens is 1. The van der Waals surface area contributed by atoms with E-state index < -0.39 is 5.91 Å². The quantitative estimate of drug-likeness (QED) is 0.290. The third kappa shape index (κ3) is 5.37. The standard InChI is InChI=1S/C27H27N7O3/c1-37-22-14-21(11-12-29-22)30-26-23(25(28)35)24(32-33-26)19-7-9-20(10-8-19)31-27(36)34-15-18(16-34)13-17-5-3-2-4-6-17/h2-12,14,18H,13,15-16H2,1H3,(H2,28,35)(H,31,36)(H2,29,30,32,33). The van der Waals surface area contributed by atoms with Crippen LogP contribution in [0.4, 0.5) is 22.0 Å². The second-order valence-electron chi connectivity index (χ2n) is 8.87. The zero-order chi connectivity index (χ0) is 25.8. The van der Waals surface area contributed by atoms with Gasteiger partial charge in [0.1, 0.15) is 17.1 Å². The highest BCUT2D eigenvalue weighted by molar-refractivity contribution is 6.04. The fraction of sp³-hybridized carbons (Fsp3) is 0.185. The molecule has 0 spiro atoms. The minimum Gasteiger partial charge on any atom is -0.481 e. The Balaban J connectivity index is 1.22. The maximum atomic E-state index is 12.6. The maximum absolute atomic E-state index is 12.6. The van der Waals surface area contributed by atoms with Gasteiger partial charge in [-0.3, -0.25) is 9.89 Å². The van der Waals surface area contributed by atoms with Crippen LogP contribution in [0.2, 0.25) is 0 Å². The Bertz CT molecular complexity index is 1400. The lowest BCUT2D eigenvalue weighted by Gasteiger charge is -2.39. The van der Waals surface area contributed by atoms with E-state index in [0.29, 0.717) is 40.2 Å².